The summed E-state index contributed by atoms with van der Waals surface area (Å²) in [5.41, 5.74) is 2.93. The Morgan fingerprint density at radius 1 is 1.28 bits per heavy atom. The maximum absolute atomic E-state index is 13.3. The molecule has 1 N–H and O–H groups in total. The predicted octanol–water partition coefficient (Wildman–Crippen LogP) is 3.39. The number of anilines is 1. The van der Waals surface area contributed by atoms with E-state index in [9.17, 15) is 9.18 Å². The molecule has 0 aliphatic rings. The largest absolute Gasteiger partial charge is 0.323 e. The van der Waals surface area contributed by atoms with Gasteiger partial charge >= 0.3 is 0 Å². The molecular formula is C17H15ClFN5O. The SMILES string of the molecule is Cc1cc(C)c(NC(=O)Cn2nnc(-c3cccc(F)c3)n2)c(Cl)c1. The Morgan fingerprint density at radius 3 is 2.80 bits per heavy atom. The number of hydrogen-bond donors (Lipinski definition) is 1. The fraction of sp³-hybridized carbons (Fsp3) is 0.176. The summed E-state index contributed by atoms with van der Waals surface area (Å²) in [7, 11) is 0. The number of aryl methyl sites for hydroxylation is 2. The zero-order chi connectivity index (χ0) is 18.0. The molecule has 0 atom stereocenters. The molecule has 8 heteroatoms. The van der Waals surface area contributed by atoms with E-state index in [2.05, 4.69) is 20.7 Å². The number of carbonyl (C=O) groups is 1. The molecule has 1 heterocycles. The summed E-state index contributed by atoms with van der Waals surface area (Å²) in [6.07, 6.45) is 0. The number of tetrazole rings is 1. The van der Waals surface area contributed by atoms with Crippen molar-refractivity contribution in [2.24, 2.45) is 0 Å². The second kappa shape index (κ2) is 6.98. The van der Waals surface area contributed by atoms with Crippen LogP contribution in [0.5, 0.6) is 0 Å². The van der Waals surface area contributed by atoms with Crippen LogP contribution in [0.2, 0.25) is 5.02 Å². The summed E-state index contributed by atoms with van der Waals surface area (Å²) in [5.74, 6) is -0.482. The maximum Gasteiger partial charge on any atom is 0.248 e. The topological polar surface area (TPSA) is 72.7 Å². The molecule has 0 spiro atoms. The van der Waals surface area contributed by atoms with Gasteiger partial charge in [0.2, 0.25) is 11.7 Å². The van der Waals surface area contributed by atoms with Crippen LogP contribution in [0.15, 0.2) is 36.4 Å². The summed E-state index contributed by atoms with van der Waals surface area (Å²) in [6, 6.07) is 9.56. The van der Waals surface area contributed by atoms with Crippen molar-refractivity contribution in [1.29, 1.82) is 0 Å². The molecular weight excluding hydrogens is 345 g/mol. The van der Waals surface area contributed by atoms with Crippen molar-refractivity contribution in [1.82, 2.24) is 20.2 Å². The van der Waals surface area contributed by atoms with Crippen molar-refractivity contribution < 1.29 is 9.18 Å². The van der Waals surface area contributed by atoms with Gasteiger partial charge in [0.1, 0.15) is 12.4 Å². The molecule has 25 heavy (non-hydrogen) atoms. The molecule has 0 saturated carbocycles. The van der Waals surface area contributed by atoms with E-state index in [0.29, 0.717) is 16.3 Å². The number of carbonyl (C=O) groups excluding carboxylic acids is 1. The number of amides is 1. The van der Waals surface area contributed by atoms with Gasteiger partial charge in [-0.2, -0.15) is 4.80 Å². The third-order valence-electron chi connectivity index (χ3n) is 3.52. The fourth-order valence-electron chi connectivity index (χ4n) is 2.43. The van der Waals surface area contributed by atoms with Crippen molar-refractivity contribution in [3.8, 4) is 11.4 Å². The Hall–Kier alpha value is -2.80. The smallest absolute Gasteiger partial charge is 0.248 e. The van der Waals surface area contributed by atoms with Crippen LogP contribution in [0, 0.1) is 19.7 Å². The van der Waals surface area contributed by atoms with Crippen LogP contribution in [0.25, 0.3) is 11.4 Å². The van der Waals surface area contributed by atoms with Gasteiger partial charge in [-0.3, -0.25) is 4.79 Å². The third kappa shape index (κ3) is 4.00. The van der Waals surface area contributed by atoms with E-state index in [1.54, 1.807) is 18.2 Å². The molecule has 0 radical (unpaired) electrons. The molecule has 1 amide bonds. The second-order valence-electron chi connectivity index (χ2n) is 5.64. The first-order valence-electron chi connectivity index (χ1n) is 7.53. The average molecular weight is 360 g/mol. The Bertz CT molecular complexity index is 917. The summed E-state index contributed by atoms with van der Waals surface area (Å²) in [5, 5.41) is 15.0. The van der Waals surface area contributed by atoms with Crippen LogP contribution in [0.1, 0.15) is 11.1 Å². The first-order valence-corrected chi connectivity index (χ1v) is 7.90. The molecule has 1 aromatic heterocycles. The number of aromatic nitrogens is 4. The van der Waals surface area contributed by atoms with Crippen molar-refractivity contribution in [2.75, 3.05) is 5.32 Å². The third-order valence-corrected chi connectivity index (χ3v) is 3.81. The molecule has 0 unspecified atom stereocenters. The van der Waals surface area contributed by atoms with Gasteiger partial charge in [-0.05, 0) is 48.4 Å². The zero-order valence-electron chi connectivity index (χ0n) is 13.6. The number of benzene rings is 2. The molecule has 6 nitrogen and oxygen atoms in total. The Kier molecular flexibility index (Phi) is 4.76. The quantitative estimate of drug-likeness (QED) is 0.775. The molecule has 3 rings (SSSR count). The van der Waals surface area contributed by atoms with Crippen molar-refractivity contribution in [3.05, 3.63) is 58.4 Å². The number of nitrogens with zero attached hydrogens (tertiary/aromatic N) is 4. The summed E-state index contributed by atoms with van der Waals surface area (Å²) >= 11 is 6.18. The molecule has 2 aromatic carbocycles. The van der Waals surface area contributed by atoms with Gasteiger partial charge in [0.05, 0.1) is 10.7 Å². The first kappa shape index (κ1) is 17.0. The van der Waals surface area contributed by atoms with Crippen LogP contribution in [0.3, 0.4) is 0 Å². The van der Waals surface area contributed by atoms with Crippen LogP contribution in [0.4, 0.5) is 10.1 Å². The minimum Gasteiger partial charge on any atom is -0.323 e. The monoisotopic (exact) mass is 359 g/mol. The molecule has 0 bridgehead atoms. The van der Waals surface area contributed by atoms with Crippen LogP contribution < -0.4 is 5.32 Å². The summed E-state index contributed by atoms with van der Waals surface area (Å²) in [6.45, 7) is 3.66. The fourth-order valence-corrected chi connectivity index (χ4v) is 2.80. The Balaban J connectivity index is 1.72. The molecule has 0 saturated heterocycles. The Labute approximate surface area is 148 Å². The number of rotatable bonds is 4. The van der Waals surface area contributed by atoms with Gasteiger partial charge in [0, 0.05) is 5.56 Å². The van der Waals surface area contributed by atoms with Gasteiger partial charge < -0.3 is 5.32 Å². The van der Waals surface area contributed by atoms with Crippen molar-refractivity contribution in [3.63, 3.8) is 0 Å². The van der Waals surface area contributed by atoms with Gasteiger partial charge in [-0.15, -0.1) is 10.2 Å². The van der Waals surface area contributed by atoms with Crippen LogP contribution in [-0.4, -0.2) is 26.1 Å². The summed E-state index contributed by atoms with van der Waals surface area (Å²) < 4.78 is 13.3. The minimum atomic E-state index is -0.393. The van der Waals surface area contributed by atoms with E-state index in [0.717, 1.165) is 15.9 Å². The maximum atomic E-state index is 13.3. The van der Waals surface area contributed by atoms with Gasteiger partial charge in [0.15, 0.2) is 0 Å². The van der Waals surface area contributed by atoms with Crippen molar-refractivity contribution >= 4 is 23.2 Å². The molecule has 0 fully saturated rings. The normalized spacial score (nSPS) is 10.7. The lowest BCUT2D eigenvalue weighted by atomic mass is 10.1. The predicted molar refractivity (Wildman–Crippen MR) is 92.8 cm³/mol. The van der Waals surface area contributed by atoms with E-state index in [-0.39, 0.29) is 18.3 Å². The number of hydrogen-bond acceptors (Lipinski definition) is 4. The zero-order valence-corrected chi connectivity index (χ0v) is 14.4. The van der Waals surface area contributed by atoms with Crippen LogP contribution in [-0.2, 0) is 11.3 Å². The van der Waals surface area contributed by atoms with E-state index < -0.39 is 5.82 Å². The van der Waals surface area contributed by atoms with E-state index in [4.69, 9.17) is 11.6 Å². The lowest BCUT2D eigenvalue weighted by Gasteiger charge is -2.11. The first-order chi connectivity index (χ1) is 11.9. The van der Waals surface area contributed by atoms with Crippen molar-refractivity contribution in [2.45, 2.75) is 20.4 Å². The van der Waals surface area contributed by atoms with Crippen LogP contribution >= 0.6 is 11.6 Å². The van der Waals surface area contributed by atoms with E-state index in [1.165, 1.54) is 12.1 Å². The minimum absolute atomic E-state index is 0.133. The standard InChI is InChI=1S/C17H15ClFN5O/c1-10-6-11(2)16(14(18)7-10)20-15(25)9-24-22-17(21-23-24)12-4-3-5-13(19)8-12/h3-8H,9H2,1-2H3,(H,20,25). The van der Waals surface area contributed by atoms with Gasteiger partial charge in [-0.25, -0.2) is 4.39 Å². The number of halogens is 2. The number of nitrogens with one attached hydrogen (secondary N) is 1. The lowest BCUT2D eigenvalue weighted by molar-refractivity contribution is -0.117. The highest BCUT2D eigenvalue weighted by Gasteiger charge is 2.13. The second-order valence-corrected chi connectivity index (χ2v) is 6.05. The van der Waals surface area contributed by atoms with Gasteiger partial charge in [-0.1, -0.05) is 29.8 Å². The molecule has 0 aliphatic heterocycles. The molecule has 0 aliphatic carbocycles. The highest BCUT2D eigenvalue weighted by Crippen LogP contribution is 2.27. The Morgan fingerprint density at radius 2 is 2.08 bits per heavy atom. The van der Waals surface area contributed by atoms with Gasteiger partial charge in [0.25, 0.3) is 0 Å². The highest BCUT2D eigenvalue weighted by molar-refractivity contribution is 6.34. The molecule has 3 aromatic rings. The average Bonchev–Trinajstić information content (AvgIpc) is 2.99. The summed E-state index contributed by atoms with van der Waals surface area (Å²) in [4.78, 5) is 13.4. The van der Waals surface area contributed by atoms with E-state index >= 15 is 0 Å². The molecule has 128 valence electrons. The highest BCUT2D eigenvalue weighted by atomic mass is 35.5. The lowest BCUT2D eigenvalue weighted by Crippen LogP contribution is -2.21. The van der Waals surface area contributed by atoms with E-state index in [1.807, 2.05) is 19.9 Å².